The Hall–Kier alpha value is -1.57. The van der Waals surface area contributed by atoms with Crippen molar-refractivity contribution in [3.8, 4) is 11.5 Å². The monoisotopic (exact) mass is 407 g/mol. The van der Waals surface area contributed by atoms with Crippen molar-refractivity contribution in [1.29, 1.82) is 0 Å². The highest BCUT2D eigenvalue weighted by molar-refractivity contribution is 8.26. The van der Waals surface area contributed by atoms with Crippen LogP contribution in [-0.2, 0) is 9.53 Å². The Morgan fingerprint density at radius 2 is 2.26 bits per heavy atom. The molecule has 3 rings (SSSR count). The number of hydrogen-bond donors (Lipinski definition) is 0. The number of amides is 1. The van der Waals surface area contributed by atoms with E-state index in [9.17, 15) is 4.79 Å². The van der Waals surface area contributed by atoms with E-state index in [1.54, 1.807) is 12.0 Å². The van der Waals surface area contributed by atoms with E-state index in [4.69, 9.17) is 26.4 Å². The first-order chi connectivity index (χ1) is 13.1. The summed E-state index contributed by atoms with van der Waals surface area (Å²) < 4.78 is 17.4. The summed E-state index contributed by atoms with van der Waals surface area (Å²) >= 11 is 6.74. The smallest absolute Gasteiger partial charge is 0.266 e. The summed E-state index contributed by atoms with van der Waals surface area (Å²) in [6.45, 7) is 4.09. The molecule has 27 heavy (non-hydrogen) atoms. The van der Waals surface area contributed by atoms with Gasteiger partial charge in [-0.15, -0.1) is 0 Å². The average Bonchev–Trinajstić information content (AvgIpc) is 3.27. The third kappa shape index (κ3) is 5.03. The fraction of sp³-hybridized carbons (Fsp3) is 0.500. The van der Waals surface area contributed by atoms with Crippen molar-refractivity contribution in [1.82, 2.24) is 4.90 Å². The molecular weight excluding hydrogens is 382 g/mol. The zero-order valence-electron chi connectivity index (χ0n) is 15.7. The maximum Gasteiger partial charge on any atom is 0.266 e. The highest BCUT2D eigenvalue weighted by Gasteiger charge is 2.34. The second-order valence-corrected chi connectivity index (χ2v) is 8.22. The van der Waals surface area contributed by atoms with Crippen LogP contribution in [0.1, 0.15) is 38.2 Å². The first kappa shape index (κ1) is 20.2. The molecule has 0 spiro atoms. The lowest BCUT2D eigenvalue weighted by Gasteiger charge is -2.18. The zero-order valence-corrected chi connectivity index (χ0v) is 17.4. The van der Waals surface area contributed by atoms with Crippen LogP contribution >= 0.6 is 24.0 Å². The molecule has 2 fully saturated rings. The highest BCUT2D eigenvalue weighted by atomic mass is 32.2. The molecule has 2 saturated heterocycles. The number of ether oxygens (including phenoxy) is 3. The fourth-order valence-corrected chi connectivity index (χ4v) is 4.30. The van der Waals surface area contributed by atoms with Crippen LogP contribution in [0.4, 0.5) is 0 Å². The van der Waals surface area contributed by atoms with E-state index >= 15 is 0 Å². The number of unbranched alkanes of at least 4 members (excludes halogenated alkanes) is 1. The van der Waals surface area contributed by atoms with Gasteiger partial charge in [-0.2, -0.15) is 0 Å². The molecule has 2 heterocycles. The summed E-state index contributed by atoms with van der Waals surface area (Å²) in [6, 6.07) is 5.69. The van der Waals surface area contributed by atoms with Gasteiger partial charge in [0.2, 0.25) is 0 Å². The molecule has 0 N–H and O–H groups in total. The van der Waals surface area contributed by atoms with Crippen LogP contribution < -0.4 is 9.47 Å². The fourth-order valence-electron chi connectivity index (χ4n) is 3.02. The standard InChI is InChI=1S/C20H25NO4S2/c1-3-4-9-25-16-8-7-14(11-17(16)23-2)12-18-19(22)21(20(26)27-18)13-15-6-5-10-24-15/h7-8,11-12,15H,3-6,9-10,13H2,1-2H3. The quantitative estimate of drug-likeness (QED) is 0.365. The van der Waals surface area contributed by atoms with E-state index in [2.05, 4.69) is 6.92 Å². The van der Waals surface area contributed by atoms with E-state index < -0.39 is 0 Å². The lowest BCUT2D eigenvalue weighted by atomic mass is 10.1. The number of rotatable bonds is 8. The van der Waals surface area contributed by atoms with Crippen LogP contribution in [0.25, 0.3) is 6.08 Å². The van der Waals surface area contributed by atoms with Crippen molar-refractivity contribution in [2.75, 3.05) is 26.9 Å². The van der Waals surface area contributed by atoms with E-state index in [1.165, 1.54) is 11.8 Å². The number of carbonyl (C=O) groups excluding carboxylic acids is 1. The Morgan fingerprint density at radius 1 is 1.41 bits per heavy atom. The van der Waals surface area contributed by atoms with Gasteiger partial charge >= 0.3 is 0 Å². The van der Waals surface area contributed by atoms with Crippen molar-refractivity contribution in [3.63, 3.8) is 0 Å². The minimum atomic E-state index is -0.0530. The van der Waals surface area contributed by atoms with E-state index in [0.717, 1.165) is 37.9 Å². The van der Waals surface area contributed by atoms with Crippen LogP contribution in [0.5, 0.6) is 11.5 Å². The SMILES string of the molecule is CCCCOc1ccc(C=C2SC(=S)N(CC3CCCO3)C2=O)cc1OC. The molecule has 1 aromatic carbocycles. The summed E-state index contributed by atoms with van der Waals surface area (Å²) in [7, 11) is 1.62. The maximum absolute atomic E-state index is 12.7. The van der Waals surface area contributed by atoms with Crippen molar-refractivity contribution >= 4 is 40.3 Å². The summed E-state index contributed by atoms with van der Waals surface area (Å²) in [5, 5.41) is 0. The molecule has 146 valence electrons. The Morgan fingerprint density at radius 3 is 2.96 bits per heavy atom. The number of thioether (sulfide) groups is 1. The van der Waals surface area contributed by atoms with Gasteiger partial charge in [0, 0.05) is 6.61 Å². The number of benzene rings is 1. The van der Waals surface area contributed by atoms with Crippen LogP contribution in [0, 0.1) is 0 Å². The van der Waals surface area contributed by atoms with Gasteiger partial charge in [-0.05, 0) is 43.0 Å². The summed E-state index contributed by atoms with van der Waals surface area (Å²) in [4.78, 5) is 15.0. The lowest BCUT2D eigenvalue weighted by molar-refractivity contribution is -0.123. The van der Waals surface area contributed by atoms with Crippen molar-refractivity contribution in [2.45, 2.75) is 38.7 Å². The number of hydrogen-bond acceptors (Lipinski definition) is 6. The average molecular weight is 408 g/mol. The Balaban J connectivity index is 1.71. The molecule has 2 aliphatic heterocycles. The van der Waals surface area contributed by atoms with Gasteiger partial charge < -0.3 is 14.2 Å². The molecule has 0 aromatic heterocycles. The predicted octanol–water partition coefficient (Wildman–Crippen LogP) is 4.25. The van der Waals surface area contributed by atoms with Crippen molar-refractivity contribution in [3.05, 3.63) is 28.7 Å². The largest absolute Gasteiger partial charge is 0.493 e. The third-order valence-corrected chi connectivity index (χ3v) is 5.90. The molecule has 1 amide bonds. The Bertz CT molecular complexity index is 729. The summed E-state index contributed by atoms with van der Waals surface area (Å²) in [5.41, 5.74) is 0.882. The molecule has 1 atom stereocenters. The molecule has 5 nitrogen and oxygen atoms in total. The minimum absolute atomic E-state index is 0.0530. The van der Waals surface area contributed by atoms with Crippen LogP contribution in [-0.4, -0.2) is 48.1 Å². The lowest BCUT2D eigenvalue weighted by Crippen LogP contribution is -2.35. The second kappa shape index (κ2) is 9.57. The van der Waals surface area contributed by atoms with E-state index in [-0.39, 0.29) is 12.0 Å². The molecule has 2 aliphatic rings. The molecule has 0 bridgehead atoms. The minimum Gasteiger partial charge on any atom is -0.493 e. The van der Waals surface area contributed by atoms with Crippen LogP contribution in [0.15, 0.2) is 23.1 Å². The van der Waals surface area contributed by atoms with Crippen molar-refractivity contribution in [2.24, 2.45) is 0 Å². The normalized spacial score (nSPS) is 21.3. The second-order valence-electron chi connectivity index (χ2n) is 6.54. The first-order valence-electron chi connectivity index (χ1n) is 9.30. The van der Waals surface area contributed by atoms with Gasteiger partial charge in [0.15, 0.2) is 11.5 Å². The molecule has 0 aliphatic carbocycles. The highest BCUT2D eigenvalue weighted by Crippen LogP contribution is 2.35. The van der Waals surface area contributed by atoms with Gasteiger partial charge in [0.25, 0.3) is 5.91 Å². The van der Waals surface area contributed by atoms with E-state index in [1.807, 2.05) is 24.3 Å². The molecule has 0 radical (unpaired) electrons. The topological polar surface area (TPSA) is 48.0 Å². The zero-order chi connectivity index (χ0) is 19.2. The van der Waals surface area contributed by atoms with Gasteiger partial charge in [-0.3, -0.25) is 9.69 Å². The summed E-state index contributed by atoms with van der Waals surface area (Å²) in [5.74, 6) is 1.33. The molecule has 0 saturated carbocycles. The number of nitrogens with zero attached hydrogens (tertiary/aromatic N) is 1. The van der Waals surface area contributed by atoms with E-state index in [0.29, 0.717) is 33.9 Å². The third-order valence-electron chi connectivity index (χ3n) is 4.52. The Kier molecular flexibility index (Phi) is 7.15. The Labute approximate surface area is 170 Å². The van der Waals surface area contributed by atoms with Gasteiger partial charge in [0.05, 0.1) is 31.3 Å². The molecule has 1 aromatic rings. The molecule has 1 unspecified atom stereocenters. The van der Waals surface area contributed by atoms with Crippen LogP contribution in [0.2, 0.25) is 0 Å². The van der Waals surface area contributed by atoms with Gasteiger partial charge in [0.1, 0.15) is 4.32 Å². The molecule has 7 heteroatoms. The predicted molar refractivity (Wildman–Crippen MR) is 112 cm³/mol. The summed E-state index contributed by atoms with van der Waals surface area (Å²) in [6.07, 6.45) is 6.04. The number of methoxy groups -OCH3 is 1. The molecular formula is C20H25NO4S2. The number of carbonyl (C=O) groups is 1. The van der Waals surface area contributed by atoms with Gasteiger partial charge in [-0.1, -0.05) is 43.4 Å². The van der Waals surface area contributed by atoms with Gasteiger partial charge in [-0.25, -0.2) is 0 Å². The number of thiocarbonyl (C=S) groups is 1. The van der Waals surface area contributed by atoms with Crippen LogP contribution in [0.3, 0.4) is 0 Å². The maximum atomic E-state index is 12.7. The first-order valence-corrected chi connectivity index (χ1v) is 10.5. The van der Waals surface area contributed by atoms with Crippen molar-refractivity contribution < 1.29 is 19.0 Å².